The largest absolute Gasteiger partial charge is 0.496 e. The predicted octanol–water partition coefficient (Wildman–Crippen LogP) is 2.99. The van der Waals surface area contributed by atoms with Gasteiger partial charge in [0.25, 0.3) is 0 Å². The van der Waals surface area contributed by atoms with E-state index in [0.717, 1.165) is 15.5 Å². The molecule has 1 saturated heterocycles. The summed E-state index contributed by atoms with van der Waals surface area (Å²) >= 11 is 1.51. The van der Waals surface area contributed by atoms with Gasteiger partial charge in [-0.15, -0.1) is 11.3 Å². The standard InChI is InChI=1S/C16H19BO4S/c1-15(2)16(3,4)21-17(20-15)12-9-22-13-10(12)7-6-8-11(13)14(18)19-5/h6-9H,1-5H3. The Labute approximate surface area is 134 Å². The van der Waals surface area contributed by atoms with Gasteiger partial charge in [-0.2, -0.15) is 0 Å². The Hall–Kier alpha value is -1.37. The molecular weight excluding hydrogens is 299 g/mol. The number of carbonyl (C=O) groups is 1. The van der Waals surface area contributed by atoms with Crippen molar-refractivity contribution in [2.45, 2.75) is 38.9 Å². The fraction of sp³-hybridized carbons (Fsp3) is 0.438. The molecule has 1 aliphatic heterocycles. The lowest BCUT2D eigenvalue weighted by molar-refractivity contribution is 0.00578. The van der Waals surface area contributed by atoms with Crippen molar-refractivity contribution in [2.75, 3.05) is 7.11 Å². The van der Waals surface area contributed by atoms with Crippen LogP contribution in [-0.4, -0.2) is 31.4 Å². The third kappa shape index (κ3) is 2.26. The average Bonchev–Trinajstić information content (AvgIpc) is 2.96. The van der Waals surface area contributed by atoms with Gasteiger partial charge < -0.3 is 14.0 Å². The highest BCUT2D eigenvalue weighted by Crippen LogP contribution is 2.37. The fourth-order valence-electron chi connectivity index (χ4n) is 2.50. The summed E-state index contributed by atoms with van der Waals surface area (Å²) in [5.41, 5.74) is 0.773. The van der Waals surface area contributed by atoms with Crippen molar-refractivity contribution in [1.29, 1.82) is 0 Å². The second kappa shape index (κ2) is 5.08. The maximum atomic E-state index is 11.9. The summed E-state index contributed by atoms with van der Waals surface area (Å²) in [4.78, 5) is 11.9. The fourth-order valence-corrected chi connectivity index (χ4v) is 3.57. The molecule has 4 nitrogen and oxygen atoms in total. The van der Waals surface area contributed by atoms with Gasteiger partial charge in [0.05, 0.1) is 23.9 Å². The molecule has 3 rings (SSSR count). The molecule has 1 fully saturated rings. The first kappa shape index (κ1) is 15.5. The summed E-state index contributed by atoms with van der Waals surface area (Å²) in [6, 6.07) is 5.62. The minimum absolute atomic E-state index is 0.326. The van der Waals surface area contributed by atoms with E-state index in [0.29, 0.717) is 5.56 Å². The van der Waals surface area contributed by atoms with Crippen LogP contribution in [0.3, 0.4) is 0 Å². The minimum atomic E-state index is -0.424. The molecule has 2 aromatic rings. The number of hydrogen-bond donors (Lipinski definition) is 0. The highest BCUT2D eigenvalue weighted by Gasteiger charge is 2.52. The van der Waals surface area contributed by atoms with Gasteiger partial charge >= 0.3 is 13.1 Å². The summed E-state index contributed by atoms with van der Waals surface area (Å²) in [6.07, 6.45) is 0. The molecule has 0 atom stereocenters. The van der Waals surface area contributed by atoms with Crippen LogP contribution in [0.4, 0.5) is 0 Å². The van der Waals surface area contributed by atoms with Crippen molar-refractivity contribution in [3.05, 3.63) is 29.1 Å². The number of fused-ring (bicyclic) bond motifs is 1. The SMILES string of the molecule is COC(=O)c1cccc2c(B3OC(C)(C)C(C)(C)O3)csc12. The van der Waals surface area contributed by atoms with Crippen LogP contribution in [0.25, 0.3) is 10.1 Å². The Morgan fingerprint density at radius 2 is 1.82 bits per heavy atom. The van der Waals surface area contributed by atoms with Gasteiger partial charge in [0.1, 0.15) is 0 Å². The first-order valence-electron chi connectivity index (χ1n) is 7.21. The molecule has 0 N–H and O–H groups in total. The Bertz CT molecular complexity index is 719. The van der Waals surface area contributed by atoms with E-state index in [1.165, 1.54) is 18.4 Å². The van der Waals surface area contributed by atoms with Crippen LogP contribution in [-0.2, 0) is 14.0 Å². The highest BCUT2D eigenvalue weighted by atomic mass is 32.1. The number of thiophene rings is 1. The lowest BCUT2D eigenvalue weighted by atomic mass is 9.79. The Morgan fingerprint density at radius 1 is 1.18 bits per heavy atom. The van der Waals surface area contributed by atoms with E-state index in [4.69, 9.17) is 14.0 Å². The molecule has 22 heavy (non-hydrogen) atoms. The van der Waals surface area contributed by atoms with Gasteiger partial charge in [0, 0.05) is 10.2 Å². The van der Waals surface area contributed by atoms with Crippen LogP contribution in [0.5, 0.6) is 0 Å². The summed E-state index contributed by atoms with van der Waals surface area (Å²) in [7, 11) is 0.968. The molecule has 1 aromatic carbocycles. The van der Waals surface area contributed by atoms with E-state index in [-0.39, 0.29) is 17.2 Å². The Balaban J connectivity index is 2.06. The van der Waals surface area contributed by atoms with Crippen LogP contribution in [0, 0.1) is 0 Å². The predicted molar refractivity (Wildman–Crippen MR) is 88.9 cm³/mol. The molecule has 1 aromatic heterocycles. The summed E-state index contributed by atoms with van der Waals surface area (Å²) in [5.74, 6) is -0.326. The maximum Gasteiger partial charge on any atom is 0.496 e. The van der Waals surface area contributed by atoms with Gasteiger partial charge in [-0.25, -0.2) is 4.79 Å². The third-order valence-corrected chi connectivity index (χ3v) is 5.59. The molecule has 0 unspecified atom stereocenters. The zero-order valence-electron chi connectivity index (χ0n) is 13.4. The Morgan fingerprint density at radius 3 is 2.41 bits per heavy atom. The van der Waals surface area contributed by atoms with E-state index in [9.17, 15) is 4.79 Å². The molecule has 0 saturated carbocycles. The van der Waals surface area contributed by atoms with E-state index >= 15 is 0 Å². The van der Waals surface area contributed by atoms with Crippen molar-refractivity contribution < 1.29 is 18.8 Å². The lowest BCUT2D eigenvalue weighted by Crippen LogP contribution is -2.41. The summed E-state index contributed by atoms with van der Waals surface area (Å²) in [5, 5.41) is 2.98. The maximum absolute atomic E-state index is 11.9. The van der Waals surface area contributed by atoms with E-state index in [1.807, 2.05) is 45.2 Å². The van der Waals surface area contributed by atoms with Gasteiger partial charge in [-0.1, -0.05) is 12.1 Å². The number of benzene rings is 1. The number of methoxy groups -OCH3 is 1. The van der Waals surface area contributed by atoms with E-state index in [2.05, 4.69) is 0 Å². The quantitative estimate of drug-likeness (QED) is 0.631. The third-order valence-electron chi connectivity index (χ3n) is 4.54. The zero-order valence-corrected chi connectivity index (χ0v) is 14.2. The molecule has 116 valence electrons. The van der Waals surface area contributed by atoms with Crippen molar-refractivity contribution in [2.24, 2.45) is 0 Å². The molecular formula is C16H19BO4S. The first-order chi connectivity index (χ1) is 10.3. The number of esters is 1. The molecule has 0 radical (unpaired) electrons. The summed E-state index contributed by atoms with van der Waals surface area (Å²) in [6.45, 7) is 8.12. The van der Waals surface area contributed by atoms with Crippen molar-refractivity contribution in [1.82, 2.24) is 0 Å². The van der Waals surface area contributed by atoms with Gasteiger partial charge in [0.15, 0.2) is 0 Å². The molecule has 1 aliphatic rings. The van der Waals surface area contributed by atoms with Crippen LogP contribution in [0.15, 0.2) is 23.6 Å². The van der Waals surface area contributed by atoms with Gasteiger partial charge in [-0.05, 0) is 44.5 Å². The molecule has 2 heterocycles. The molecule has 0 amide bonds. The minimum Gasteiger partial charge on any atom is -0.465 e. The lowest BCUT2D eigenvalue weighted by Gasteiger charge is -2.32. The van der Waals surface area contributed by atoms with Crippen molar-refractivity contribution in [3.8, 4) is 0 Å². The molecule has 6 heteroatoms. The van der Waals surface area contributed by atoms with Gasteiger partial charge in [-0.3, -0.25) is 0 Å². The first-order valence-corrected chi connectivity index (χ1v) is 8.09. The summed E-state index contributed by atoms with van der Waals surface area (Å²) < 4.78 is 18.0. The topological polar surface area (TPSA) is 44.8 Å². The van der Waals surface area contributed by atoms with Crippen molar-refractivity contribution >= 4 is 40.0 Å². The molecule has 0 aliphatic carbocycles. The average molecular weight is 318 g/mol. The van der Waals surface area contributed by atoms with Crippen LogP contribution in [0.2, 0.25) is 0 Å². The van der Waals surface area contributed by atoms with E-state index < -0.39 is 7.12 Å². The smallest absolute Gasteiger partial charge is 0.465 e. The second-order valence-electron chi connectivity index (χ2n) is 6.45. The number of hydrogen-bond acceptors (Lipinski definition) is 5. The number of carbonyl (C=O) groups excluding carboxylic acids is 1. The van der Waals surface area contributed by atoms with Gasteiger partial charge in [0.2, 0.25) is 0 Å². The molecule has 0 spiro atoms. The van der Waals surface area contributed by atoms with Crippen LogP contribution in [0.1, 0.15) is 38.1 Å². The molecule has 0 bridgehead atoms. The second-order valence-corrected chi connectivity index (χ2v) is 7.33. The normalized spacial score (nSPS) is 19.6. The Kier molecular flexibility index (Phi) is 3.59. The number of ether oxygens (including phenoxy) is 1. The van der Waals surface area contributed by atoms with Crippen molar-refractivity contribution in [3.63, 3.8) is 0 Å². The van der Waals surface area contributed by atoms with E-state index in [1.54, 1.807) is 6.07 Å². The van der Waals surface area contributed by atoms with Crippen LogP contribution >= 0.6 is 11.3 Å². The highest BCUT2D eigenvalue weighted by molar-refractivity contribution is 7.19. The monoisotopic (exact) mass is 318 g/mol. The zero-order chi connectivity index (χ0) is 16.1. The number of rotatable bonds is 2. The van der Waals surface area contributed by atoms with Crippen LogP contribution < -0.4 is 5.46 Å².